The van der Waals surface area contributed by atoms with Crippen LogP contribution in [0.4, 0.5) is 5.95 Å². The van der Waals surface area contributed by atoms with E-state index in [0.717, 1.165) is 56.2 Å². The van der Waals surface area contributed by atoms with Gasteiger partial charge < -0.3 is 21.0 Å². The zero-order valence-electron chi connectivity index (χ0n) is 21.9. The molecule has 4 rings (SSSR count). The summed E-state index contributed by atoms with van der Waals surface area (Å²) in [6.45, 7) is 6.67. The van der Waals surface area contributed by atoms with Gasteiger partial charge in [0.15, 0.2) is 0 Å². The van der Waals surface area contributed by atoms with Crippen LogP contribution in [-0.2, 0) is 9.59 Å². The zero-order valence-corrected chi connectivity index (χ0v) is 21.9. The van der Waals surface area contributed by atoms with Crippen LogP contribution in [0.1, 0.15) is 78.2 Å². The molecule has 0 radical (unpaired) electrons. The first-order valence-electron chi connectivity index (χ1n) is 13.1. The van der Waals surface area contributed by atoms with Crippen molar-refractivity contribution < 1.29 is 9.59 Å². The van der Waals surface area contributed by atoms with Gasteiger partial charge in [0.2, 0.25) is 11.9 Å². The molecule has 3 aliphatic rings. The van der Waals surface area contributed by atoms with Crippen LogP contribution < -0.4 is 21.8 Å². The van der Waals surface area contributed by atoms with Gasteiger partial charge in [-0.3, -0.25) is 14.2 Å². The highest BCUT2D eigenvalue weighted by Crippen LogP contribution is 2.39. The molecule has 0 saturated heterocycles. The summed E-state index contributed by atoms with van der Waals surface area (Å²) in [4.78, 5) is 26.0. The molecule has 2 fully saturated rings. The second-order valence-corrected chi connectivity index (χ2v) is 10.4. The van der Waals surface area contributed by atoms with Crippen LogP contribution in [0, 0.1) is 11.8 Å². The molecule has 1 heterocycles. The van der Waals surface area contributed by atoms with Gasteiger partial charge in [0.05, 0.1) is 5.57 Å². The highest BCUT2D eigenvalue weighted by molar-refractivity contribution is 5.99. The first-order chi connectivity index (χ1) is 17.3. The smallest absolute Gasteiger partial charge is 0.253 e. The largest absolute Gasteiger partial charge is 0.352 e. The summed E-state index contributed by atoms with van der Waals surface area (Å²) in [5, 5.41) is 19.5. The number of carbonyl (C=O) groups is 2. The minimum atomic E-state index is -0.102. The third-order valence-electron chi connectivity index (χ3n) is 7.20. The Balaban J connectivity index is 1.58. The van der Waals surface area contributed by atoms with Crippen molar-refractivity contribution in [3.05, 3.63) is 40.6 Å². The average molecular weight is 497 g/mol. The Kier molecular flexibility index (Phi) is 8.13. The molecule has 2 saturated carbocycles. The molecular formula is C26H40N8O2. The van der Waals surface area contributed by atoms with Gasteiger partial charge in [-0.1, -0.05) is 12.5 Å². The molecule has 0 spiro atoms. The lowest BCUT2D eigenvalue weighted by atomic mass is 9.83. The third-order valence-corrected chi connectivity index (χ3v) is 7.20. The van der Waals surface area contributed by atoms with Gasteiger partial charge in [0, 0.05) is 43.1 Å². The Morgan fingerprint density at radius 1 is 1.25 bits per heavy atom. The molecule has 2 amide bonds. The van der Waals surface area contributed by atoms with Crippen LogP contribution in [-0.4, -0.2) is 45.2 Å². The fourth-order valence-corrected chi connectivity index (χ4v) is 4.68. The molecule has 5 N–H and O–H groups in total. The first-order valence-corrected chi connectivity index (χ1v) is 13.1. The number of allylic oxidation sites excluding steroid dienone is 3. The molecule has 10 nitrogen and oxygen atoms in total. The van der Waals surface area contributed by atoms with E-state index in [4.69, 9.17) is 5.84 Å². The number of carbonyl (C=O) groups excluding carboxylic acids is 2. The number of hydrazine groups is 1. The topological polar surface area (TPSA) is 130 Å². The summed E-state index contributed by atoms with van der Waals surface area (Å²) in [6, 6.07) is 0.0769. The van der Waals surface area contributed by atoms with Crippen molar-refractivity contribution in [1.82, 2.24) is 30.4 Å². The number of amides is 2. The van der Waals surface area contributed by atoms with E-state index in [2.05, 4.69) is 33.1 Å². The Hall–Kier alpha value is -3.14. The minimum Gasteiger partial charge on any atom is -0.352 e. The standard InChI is InChI=1S/C26H40N8O2/c1-5-20(14-33(4)27)31-26-32-29-15-34(26)21-11-6-16(2)22(12-21)23(25(36)28-13-18-7-8-18)17(3)30-24(35)19-9-10-19/h14-15,18-19,21H,5-13,27H2,1-4H3,(H,28,36)(H,30,35)(H,31,32)/b20-14+,23-17-/t21-/m0/s1. The lowest BCUT2D eigenvalue weighted by Gasteiger charge is -2.30. The fourth-order valence-electron chi connectivity index (χ4n) is 4.68. The van der Waals surface area contributed by atoms with E-state index in [0.29, 0.717) is 36.1 Å². The average Bonchev–Trinajstić information content (AvgIpc) is 3.76. The molecule has 1 aromatic rings. The molecule has 3 aliphatic carbocycles. The van der Waals surface area contributed by atoms with Crippen molar-refractivity contribution in [2.75, 3.05) is 18.9 Å². The summed E-state index contributed by atoms with van der Waals surface area (Å²) in [5.74, 6) is 7.01. The van der Waals surface area contributed by atoms with Gasteiger partial charge in [0.25, 0.3) is 5.91 Å². The van der Waals surface area contributed by atoms with E-state index in [-0.39, 0.29) is 23.8 Å². The Bertz CT molecular complexity index is 1080. The number of nitrogens with zero attached hydrogens (tertiary/aromatic N) is 4. The molecular weight excluding hydrogens is 456 g/mol. The second-order valence-electron chi connectivity index (χ2n) is 10.4. The van der Waals surface area contributed by atoms with Gasteiger partial charge in [0.1, 0.15) is 6.33 Å². The number of hydrogen-bond acceptors (Lipinski definition) is 7. The number of rotatable bonds is 11. The fraction of sp³-hybridized carbons (Fsp3) is 0.615. The number of nitrogens with two attached hydrogens (primary N) is 1. The normalized spacial score (nSPS) is 21.1. The predicted molar refractivity (Wildman–Crippen MR) is 139 cm³/mol. The van der Waals surface area contributed by atoms with E-state index >= 15 is 0 Å². The Labute approximate surface area is 213 Å². The Morgan fingerprint density at radius 3 is 2.64 bits per heavy atom. The first kappa shape index (κ1) is 25.9. The molecule has 0 unspecified atom stereocenters. The molecule has 1 aromatic heterocycles. The highest BCUT2D eigenvalue weighted by atomic mass is 16.2. The van der Waals surface area contributed by atoms with Gasteiger partial charge in [-0.15, -0.1) is 10.2 Å². The maximum Gasteiger partial charge on any atom is 0.253 e. The molecule has 36 heavy (non-hydrogen) atoms. The maximum atomic E-state index is 13.5. The lowest BCUT2D eigenvalue weighted by Crippen LogP contribution is -2.33. The quantitative estimate of drug-likeness (QED) is 0.210. The summed E-state index contributed by atoms with van der Waals surface area (Å²) in [5.41, 5.74) is 4.36. The van der Waals surface area contributed by atoms with Crippen LogP contribution >= 0.6 is 0 Å². The molecule has 196 valence electrons. The summed E-state index contributed by atoms with van der Waals surface area (Å²) in [7, 11) is 1.77. The molecule has 0 aromatic carbocycles. The van der Waals surface area contributed by atoms with Gasteiger partial charge in [-0.25, -0.2) is 5.84 Å². The Morgan fingerprint density at radius 2 is 2.00 bits per heavy atom. The van der Waals surface area contributed by atoms with E-state index in [1.54, 1.807) is 13.4 Å². The van der Waals surface area contributed by atoms with Crippen LogP contribution in [0.25, 0.3) is 0 Å². The monoisotopic (exact) mass is 496 g/mol. The number of hydrogen-bond donors (Lipinski definition) is 4. The van der Waals surface area contributed by atoms with Crippen molar-refractivity contribution in [3.63, 3.8) is 0 Å². The van der Waals surface area contributed by atoms with E-state index < -0.39 is 0 Å². The van der Waals surface area contributed by atoms with E-state index in [9.17, 15) is 9.59 Å². The minimum absolute atomic E-state index is 0.0136. The van der Waals surface area contributed by atoms with Crippen LogP contribution in [0.2, 0.25) is 0 Å². The van der Waals surface area contributed by atoms with Crippen molar-refractivity contribution in [2.45, 2.75) is 78.2 Å². The summed E-state index contributed by atoms with van der Waals surface area (Å²) < 4.78 is 2.05. The maximum absolute atomic E-state index is 13.5. The number of nitrogens with one attached hydrogen (secondary N) is 3. The van der Waals surface area contributed by atoms with Crippen molar-refractivity contribution >= 4 is 17.8 Å². The second kappa shape index (κ2) is 11.3. The van der Waals surface area contributed by atoms with Crippen LogP contribution in [0.3, 0.4) is 0 Å². The summed E-state index contributed by atoms with van der Waals surface area (Å²) >= 11 is 0. The van der Waals surface area contributed by atoms with Crippen LogP contribution in [0.15, 0.2) is 40.6 Å². The molecule has 1 atom stereocenters. The van der Waals surface area contributed by atoms with Crippen molar-refractivity contribution in [1.29, 1.82) is 0 Å². The SMILES string of the molecule is CC/C(=C\N(C)N)Nc1nncn1[C@H]1CCC(C)=C(/C(C(=O)NCC2CC2)=C(\C)NC(=O)C2CC2)C1. The molecule has 10 heteroatoms. The highest BCUT2D eigenvalue weighted by Gasteiger charge is 2.33. The van der Waals surface area contributed by atoms with Crippen molar-refractivity contribution in [3.8, 4) is 0 Å². The van der Waals surface area contributed by atoms with Gasteiger partial charge in [-0.05, 0) is 76.7 Å². The van der Waals surface area contributed by atoms with Crippen LogP contribution in [0.5, 0.6) is 0 Å². The van der Waals surface area contributed by atoms with E-state index in [1.807, 2.05) is 24.6 Å². The number of aromatic nitrogens is 3. The third kappa shape index (κ3) is 6.54. The predicted octanol–water partition coefficient (Wildman–Crippen LogP) is 3.11. The van der Waals surface area contributed by atoms with Gasteiger partial charge in [-0.2, -0.15) is 0 Å². The molecule has 0 aliphatic heterocycles. The van der Waals surface area contributed by atoms with Crippen molar-refractivity contribution in [2.24, 2.45) is 17.7 Å². The van der Waals surface area contributed by atoms with E-state index in [1.165, 1.54) is 10.6 Å². The zero-order chi connectivity index (χ0) is 25.8. The lowest BCUT2D eigenvalue weighted by molar-refractivity contribution is -0.121. The van der Waals surface area contributed by atoms with Gasteiger partial charge >= 0.3 is 0 Å². The molecule has 0 bridgehead atoms. The number of anilines is 1. The summed E-state index contributed by atoms with van der Waals surface area (Å²) in [6.07, 6.45) is 10.9.